The molecule has 4 rings (SSSR count). The summed E-state index contributed by atoms with van der Waals surface area (Å²) < 4.78 is 82.4. The van der Waals surface area contributed by atoms with E-state index in [2.05, 4.69) is 4.98 Å². The number of nitrogens with zero attached hydrogens (tertiary/aromatic N) is 4. The molecule has 2 aromatic rings. The molecule has 1 aromatic heterocycles. The lowest BCUT2D eigenvalue weighted by atomic mass is 10.0. The van der Waals surface area contributed by atoms with Gasteiger partial charge in [0.25, 0.3) is 5.91 Å². The molecule has 0 saturated carbocycles. The van der Waals surface area contributed by atoms with Crippen LogP contribution in [0.1, 0.15) is 46.8 Å². The number of imidazole rings is 1. The highest BCUT2D eigenvalue weighted by Gasteiger charge is 2.42. The van der Waals surface area contributed by atoms with Crippen LogP contribution in [0.15, 0.2) is 12.1 Å². The normalized spacial score (nSPS) is 17.0. The molecule has 35 heavy (non-hydrogen) atoms. The molecule has 190 valence electrons. The van der Waals surface area contributed by atoms with Crippen LogP contribution >= 0.6 is 12.2 Å². The van der Waals surface area contributed by atoms with Gasteiger partial charge in [0.1, 0.15) is 5.82 Å². The molecule has 1 fully saturated rings. The Morgan fingerprint density at radius 3 is 2.34 bits per heavy atom. The minimum atomic E-state index is -4.72. The Labute approximate surface area is 202 Å². The largest absolute Gasteiger partial charge is 0.449 e. The number of aromatic nitrogens is 2. The van der Waals surface area contributed by atoms with Gasteiger partial charge in [-0.15, -0.1) is 0 Å². The topological polar surface area (TPSA) is 67.4 Å². The molecule has 0 bridgehead atoms. The molecule has 13 heteroatoms. The maximum Gasteiger partial charge on any atom is 0.449 e. The Morgan fingerprint density at radius 1 is 1.03 bits per heavy atom. The van der Waals surface area contributed by atoms with Crippen LogP contribution in [0.2, 0.25) is 0 Å². The van der Waals surface area contributed by atoms with Crippen molar-refractivity contribution in [3.8, 4) is 0 Å². The molecule has 0 unspecified atom stereocenters. The monoisotopic (exact) mass is 519 g/mol. The van der Waals surface area contributed by atoms with E-state index in [0.717, 1.165) is 23.5 Å². The molecule has 3 heterocycles. The molecule has 2 aliphatic heterocycles. The van der Waals surface area contributed by atoms with E-state index in [1.165, 1.54) is 4.90 Å². The van der Waals surface area contributed by atoms with Gasteiger partial charge in [0.15, 0.2) is 17.3 Å². The number of hydrogen-bond donors (Lipinski definition) is 1. The maximum atomic E-state index is 14.0. The first-order chi connectivity index (χ1) is 16.5. The first kappa shape index (κ1) is 25.4. The number of thiocarbonyl (C=S) groups is 1. The third-order valence-corrected chi connectivity index (χ3v) is 6.64. The number of carbonyl (C=O) groups is 1. The van der Waals surface area contributed by atoms with Gasteiger partial charge in [0, 0.05) is 44.7 Å². The zero-order valence-corrected chi connectivity index (χ0v) is 19.4. The van der Waals surface area contributed by atoms with Crippen LogP contribution in [-0.4, -0.2) is 55.9 Å². The Bertz CT molecular complexity index is 1140. The summed E-state index contributed by atoms with van der Waals surface area (Å²) >= 11 is 5.44. The van der Waals surface area contributed by atoms with Gasteiger partial charge in [-0.3, -0.25) is 4.79 Å². The minimum Gasteiger partial charge on any atom is -0.358 e. The average Bonchev–Trinajstić information content (AvgIpc) is 3.44. The van der Waals surface area contributed by atoms with Crippen molar-refractivity contribution in [2.45, 2.75) is 51.0 Å². The number of alkyl halides is 3. The zero-order valence-electron chi connectivity index (χ0n) is 18.5. The predicted octanol–water partition coefficient (Wildman–Crippen LogP) is 3.66. The molecule has 0 radical (unpaired) electrons. The maximum absolute atomic E-state index is 14.0. The Balaban J connectivity index is 1.51. The molecule has 2 N–H and O–H groups in total. The fourth-order valence-electron chi connectivity index (χ4n) is 4.47. The molecule has 1 amide bonds. The van der Waals surface area contributed by atoms with Crippen LogP contribution in [0, 0.1) is 17.5 Å². The highest BCUT2D eigenvalue weighted by atomic mass is 32.1. The van der Waals surface area contributed by atoms with Crippen LogP contribution in [0.4, 0.5) is 26.3 Å². The van der Waals surface area contributed by atoms with Gasteiger partial charge in [-0.2, -0.15) is 13.2 Å². The first-order valence-corrected chi connectivity index (χ1v) is 11.5. The second-order valence-electron chi connectivity index (χ2n) is 8.72. The number of rotatable bonds is 5. The van der Waals surface area contributed by atoms with Gasteiger partial charge in [0.2, 0.25) is 5.82 Å². The van der Waals surface area contributed by atoms with E-state index in [-0.39, 0.29) is 49.4 Å². The van der Waals surface area contributed by atoms with E-state index in [1.54, 1.807) is 4.90 Å². The minimum absolute atomic E-state index is 0.0590. The zero-order chi connectivity index (χ0) is 25.5. The smallest absolute Gasteiger partial charge is 0.358 e. The predicted molar refractivity (Wildman–Crippen MR) is 118 cm³/mol. The van der Waals surface area contributed by atoms with Crippen LogP contribution in [0.5, 0.6) is 0 Å². The second-order valence-corrected chi connectivity index (χ2v) is 9.19. The van der Waals surface area contributed by atoms with E-state index >= 15 is 0 Å². The number of likely N-dealkylation sites (tertiary alicyclic amines) is 1. The van der Waals surface area contributed by atoms with E-state index in [4.69, 9.17) is 18.0 Å². The Morgan fingerprint density at radius 2 is 1.69 bits per heavy atom. The highest BCUT2D eigenvalue weighted by molar-refractivity contribution is 7.80. The van der Waals surface area contributed by atoms with Crippen molar-refractivity contribution in [1.82, 2.24) is 19.4 Å². The van der Waals surface area contributed by atoms with Crippen LogP contribution in [0.3, 0.4) is 0 Å². The van der Waals surface area contributed by atoms with Crippen molar-refractivity contribution in [1.29, 1.82) is 0 Å². The van der Waals surface area contributed by atoms with Crippen molar-refractivity contribution in [3.05, 3.63) is 52.4 Å². The fraction of sp³-hybridized carbons (Fsp3) is 0.500. The lowest BCUT2D eigenvalue weighted by molar-refractivity contribution is -0.147. The average molecular weight is 520 g/mol. The SMILES string of the molecule is N[C@H](CC(=S)N1CCn2c(C(F)(F)F)nc(C(=O)N3CCCC3)c2C1)Cc1cc(F)c(F)cc1F. The number of nitrogens with two attached hydrogens (primary N) is 1. The van der Waals surface area contributed by atoms with Gasteiger partial charge in [-0.05, 0) is 30.9 Å². The van der Waals surface area contributed by atoms with E-state index < -0.39 is 41.4 Å². The third kappa shape index (κ3) is 5.30. The summed E-state index contributed by atoms with van der Waals surface area (Å²) in [6, 6.07) is 0.436. The lowest BCUT2D eigenvalue weighted by Crippen LogP contribution is -2.41. The van der Waals surface area contributed by atoms with Crippen LogP contribution in [-0.2, 0) is 25.7 Å². The number of amides is 1. The molecule has 1 aromatic carbocycles. The standard InChI is InChI=1S/C22H23F6N5OS/c23-14-10-16(25)15(24)8-12(14)7-13(29)9-18(35)32-5-6-33-17(11-32)19(30-21(33)22(26,27)28)20(34)31-3-1-2-4-31/h8,10,13H,1-7,9,11,29H2/t13-/m0/s1. The van der Waals surface area contributed by atoms with Crippen LogP contribution in [0.25, 0.3) is 0 Å². The third-order valence-electron chi connectivity index (χ3n) is 6.22. The summed E-state index contributed by atoms with van der Waals surface area (Å²) in [6.07, 6.45) is -3.23. The van der Waals surface area contributed by atoms with Gasteiger partial charge < -0.3 is 20.1 Å². The molecular weight excluding hydrogens is 496 g/mol. The van der Waals surface area contributed by atoms with Crippen molar-refractivity contribution in [2.24, 2.45) is 5.73 Å². The van der Waals surface area contributed by atoms with Gasteiger partial charge in [0.05, 0.1) is 17.2 Å². The Kier molecular flexibility index (Phi) is 7.09. The van der Waals surface area contributed by atoms with Crippen molar-refractivity contribution in [2.75, 3.05) is 19.6 Å². The summed E-state index contributed by atoms with van der Waals surface area (Å²) in [5.74, 6) is -5.10. The second kappa shape index (κ2) is 9.76. The van der Waals surface area contributed by atoms with Crippen molar-refractivity contribution >= 4 is 23.1 Å². The van der Waals surface area contributed by atoms with E-state index in [9.17, 15) is 31.1 Å². The van der Waals surface area contributed by atoms with Gasteiger partial charge >= 0.3 is 6.18 Å². The highest BCUT2D eigenvalue weighted by Crippen LogP contribution is 2.33. The quantitative estimate of drug-likeness (QED) is 0.371. The van der Waals surface area contributed by atoms with E-state index in [0.29, 0.717) is 24.1 Å². The van der Waals surface area contributed by atoms with Crippen molar-refractivity contribution in [3.63, 3.8) is 0 Å². The lowest BCUT2D eigenvalue weighted by Gasteiger charge is -2.32. The Hall–Kier alpha value is -2.67. The number of fused-ring (bicyclic) bond motifs is 1. The number of carbonyl (C=O) groups excluding carboxylic acids is 1. The summed E-state index contributed by atoms with van der Waals surface area (Å²) in [4.78, 5) is 20.0. The summed E-state index contributed by atoms with van der Waals surface area (Å²) in [5, 5.41) is 0. The number of halogens is 6. The van der Waals surface area contributed by atoms with Crippen LogP contribution < -0.4 is 5.73 Å². The summed E-state index contributed by atoms with van der Waals surface area (Å²) in [6.45, 7) is 0.906. The first-order valence-electron chi connectivity index (χ1n) is 11.1. The molecule has 1 saturated heterocycles. The molecule has 6 nitrogen and oxygen atoms in total. The number of benzene rings is 1. The summed E-state index contributed by atoms with van der Waals surface area (Å²) in [7, 11) is 0. The van der Waals surface area contributed by atoms with Crippen molar-refractivity contribution < 1.29 is 31.1 Å². The molecule has 1 atom stereocenters. The van der Waals surface area contributed by atoms with Gasteiger partial charge in [-0.1, -0.05) is 12.2 Å². The fourth-order valence-corrected chi connectivity index (χ4v) is 4.84. The van der Waals surface area contributed by atoms with E-state index in [1.807, 2.05) is 0 Å². The molecular formula is C22H23F6N5OS. The van der Waals surface area contributed by atoms with Gasteiger partial charge in [-0.25, -0.2) is 18.2 Å². The molecule has 0 aliphatic carbocycles. The summed E-state index contributed by atoms with van der Waals surface area (Å²) in [5.41, 5.74) is 5.85. The molecule has 0 spiro atoms. The number of hydrogen-bond acceptors (Lipinski definition) is 4. The molecule has 2 aliphatic rings.